The molecule has 0 radical (unpaired) electrons. The first-order valence-corrected chi connectivity index (χ1v) is 6.68. The quantitative estimate of drug-likeness (QED) is 0.892. The van der Waals surface area contributed by atoms with Crippen LogP contribution in [0.5, 0.6) is 0 Å². The van der Waals surface area contributed by atoms with E-state index in [1.54, 1.807) is 24.3 Å². The van der Waals surface area contributed by atoms with Gasteiger partial charge < -0.3 is 10.4 Å². The monoisotopic (exact) mass is 329 g/mol. The average molecular weight is 330 g/mol. The van der Waals surface area contributed by atoms with Crippen molar-refractivity contribution in [1.82, 2.24) is 0 Å². The standard InChI is InChI=1S/C12H9BrFNO2S/c13-9-3-1-7(5-10(9)14)15-6-8-2-4-11(18-8)12(16)17/h1-5,15H,6H2,(H,16,17). The number of hydrogen-bond acceptors (Lipinski definition) is 3. The van der Waals surface area contributed by atoms with E-state index in [1.165, 1.54) is 17.4 Å². The lowest BCUT2D eigenvalue weighted by atomic mass is 10.3. The molecular formula is C12H9BrFNO2S. The Balaban J connectivity index is 2.02. The molecule has 94 valence electrons. The Hall–Kier alpha value is -1.40. The van der Waals surface area contributed by atoms with Crippen LogP contribution in [0.4, 0.5) is 10.1 Å². The Labute approximate surface area is 115 Å². The highest BCUT2D eigenvalue weighted by atomic mass is 79.9. The third kappa shape index (κ3) is 3.08. The number of nitrogens with one attached hydrogen (secondary N) is 1. The molecule has 0 saturated heterocycles. The number of rotatable bonds is 4. The number of thiophene rings is 1. The molecule has 0 saturated carbocycles. The van der Waals surface area contributed by atoms with Gasteiger partial charge in [-0.3, -0.25) is 0 Å². The second kappa shape index (κ2) is 5.49. The van der Waals surface area contributed by atoms with Gasteiger partial charge in [0.15, 0.2) is 0 Å². The summed E-state index contributed by atoms with van der Waals surface area (Å²) >= 11 is 4.28. The Kier molecular flexibility index (Phi) is 3.98. The molecule has 0 atom stereocenters. The van der Waals surface area contributed by atoms with Crippen LogP contribution in [-0.4, -0.2) is 11.1 Å². The fourth-order valence-corrected chi connectivity index (χ4v) is 2.42. The number of aromatic carboxylic acids is 1. The van der Waals surface area contributed by atoms with Gasteiger partial charge in [-0.1, -0.05) is 0 Å². The molecule has 0 aliphatic heterocycles. The number of carboxylic acids is 1. The summed E-state index contributed by atoms with van der Waals surface area (Å²) in [5, 5.41) is 11.8. The second-order valence-corrected chi connectivity index (χ2v) is 5.58. The van der Waals surface area contributed by atoms with Gasteiger partial charge in [-0.15, -0.1) is 11.3 Å². The number of carbonyl (C=O) groups is 1. The van der Waals surface area contributed by atoms with Gasteiger partial charge in [-0.25, -0.2) is 9.18 Å². The van der Waals surface area contributed by atoms with Crippen LogP contribution in [0.3, 0.4) is 0 Å². The molecule has 18 heavy (non-hydrogen) atoms. The third-order valence-electron chi connectivity index (χ3n) is 2.26. The molecule has 0 unspecified atom stereocenters. The van der Waals surface area contributed by atoms with Crippen molar-refractivity contribution in [2.45, 2.75) is 6.54 Å². The summed E-state index contributed by atoms with van der Waals surface area (Å²) < 4.78 is 13.7. The number of benzene rings is 1. The number of anilines is 1. The minimum atomic E-state index is -0.930. The van der Waals surface area contributed by atoms with E-state index in [0.29, 0.717) is 21.6 Å². The molecule has 0 aliphatic carbocycles. The molecule has 1 aromatic carbocycles. The van der Waals surface area contributed by atoms with Crippen LogP contribution in [0.15, 0.2) is 34.8 Å². The first kappa shape index (κ1) is 13.0. The van der Waals surface area contributed by atoms with Gasteiger partial charge in [0.2, 0.25) is 0 Å². The van der Waals surface area contributed by atoms with Crippen LogP contribution in [-0.2, 0) is 6.54 Å². The van der Waals surface area contributed by atoms with Crippen molar-refractivity contribution in [2.75, 3.05) is 5.32 Å². The molecule has 1 aromatic heterocycles. The van der Waals surface area contributed by atoms with Gasteiger partial charge in [-0.2, -0.15) is 0 Å². The smallest absolute Gasteiger partial charge is 0.345 e. The molecule has 2 aromatic rings. The van der Waals surface area contributed by atoms with E-state index in [2.05, 4.69) is 21.2 Å². The van der Waals surface area contributed by atoms with E-state index < -0.39 is 5.97 Å². The summed E-state index contributed by atoms with van der Waals surface area (Å²) in [6.45, 7) is 0.471. The molecule has 3 nitrogen and oxygen atoms in total. The zero-order valence-electron chi connectivity index (χ0n) is 9.11. The van der Waals surface area contributed by atoms with Crippen molar-refractivity contribution < 1.29 is 14.3 Å². The molecule has 0 spiro atoms. The molecule has 0 aliphatic rings. The lowest BCUT2D eigenvalue weighted by molar-refractivity contribution is 0.0702. The molecule has 0 amide bonds. The van der Waals surface area contributed by atoms with Crippen LogP contribution in [0.2, 0.25) is 0 Å². The highest BCUT2D eigenvalue weighted by molar-refractivity contribution is 9.10. The van der Waals surface area contributed by atoms with E-state index in [9.17, 15) is 9.18 Å². The SMILES string of the molecule is O=C(O)c1ccc(CNc2ccc(Br)c(F)c2)s1. The maximum absolute atomic E-state index is 13.3. The number of halogens is 2. The predicted molar refractivity (Wildman–Crippen MR) is 72.7 cm³/mol. The summed E-state index contributed by atoms with van der Waals surface area (Å²) in [7, 11) is 0. The van der Waals surface area contributed by atoms with Gasteiger partial charge in [0.05, 0.1) is 4.47 Å². The Morgan fingerprint density at radius 2 is 2.17 bits per heavy atom. The second-order valence-electron chi connectivity index (χ2n) is 3.55. The van der Waals surface area contributed by atoms with Crippen molar-refractivity contribution in [3.8, 4) is 0 Å². The van der Waals surface area contributed by atoms with Crippen LogP contribution in [0.25, 0.3) is 0 Å². The van der Waals surface area contributed by atoms with Gasteiger partial charge in [0.25, 0.3) is 0 Å². The zero-order valence-corrected chi connectivity index (χ0v) is 11.5. The van der Waals surface area contributed by atoms with E-state index in [4.69, 9.17) is 5.11 Å². The lowest BCUT2D eigenvalue weighted by Crippen LogP contribution is -1.97. The molecule has 0 bridgehead atoms. The van der Waals surface area contributed by atoms with Crippen molar-refractivity contribution in [3.05, 3.63) is 50.4 Å². The summed E-state index contributed by atoms with van der Waals surface area (Å²) in [5.41, 5.74) is 0.654. The molecular weight excluding hydrogens is 321 g/mol. The van der Waals surface area contributed by atoms with Crippen molar-refractivity contribution in [3.63, 3.8) is 0 Å². The minimum absolute atomic E-state index is 0.300. The van der Waals surface area contributed by atoms with Gasteiger partial charge >= 0.3 is 5.97 Å². The maximum Gasteiger partial charge on any atom is 0.345 e. The van der Waals surface area contributed by atoms with Gasteiger partial charge in [0.1, 0.15) is 10.7 Å². The Bertz CT molecular complexity index is 585. The van der Waals surface area contributed by atoms with Gasteiger partial charge in [0, 0.05) is 17.1 Å². The minimum Gasteiger partial charge on any atom is -0.477 e. The molecule has 2 rings (SSSR count). The van der Waals surface area contributed by atoms with Crippen molar-refractivity contribution >= 4 is 38.9 Å². The van der Waals surface area contributed by atoms with Gasteiger partial charge in [-0.05, 0) is 46.3 Å². The zero-order chi connectivity index (χ0) is 13.1. The molecule has 2 N–H and O–H groups in total. The Morgan fingerprint density at radius 3 is 2.78 bits per heavy atom. The third-order valence-corrected chi connectivity index (χ3v) is 3.98. The fourth-order valence-electron chi connectivity index (χ4n) is 1.38. The molecule has 1 heterocycles. The van der Waals surface area contributed by atoms with E-state index >= 15 is 0 Å². The topological polar surface area (TPSA) is 49.3 Å². The average Bonchev–Trinajstić information content (AvgIpc) is 2.79. The van der Waals surface area contributed by atoms with E-state index in [0.717, 1.165) is 4.88 Å². The highest BCUT2D eigenvalue weighted by Gasteiger charge is 2.07. The molecule has 6 heteroatoms. The van der Waals surface area contributed by atoms with Crippen LogP contribution in [0.1, 0.15) is 14.5 Å². The fraction of sp³-hybridized carbons (Fsp3) is 0.0833. The van der Waals surface area contributed by atoms with Crippen LogP contribution >= 0.6 is 27.3 Å². The number of carboxylic acid groups (broad SMARTS) is 1. The van der Waals surface area contributed by atoms with E-state index in [-0.39, 0.29) is 5.82 Å². The van der Waals surface area contributed by atoms with E-state index in [1.807, 2.05) is 0 Å². The summed E-state index contributed by atoms with van der Waals surface area (Å²) in [4.78, 5) is 11.9. The van der Waals surface area contributed by atoms with Crippen molar-refractivity contribution in [1.29, 1.82) is 0 Å². The summed E-state index contributed by atoms with van der Waals surface area (Å²) in [6.07, 6.45) is 0. The molecule has 0 fully saturated rings. The first-order valence-electron chi connectivity index (χ1n) is 5.07. The largest absolute Gasteiger partial charge is 0.477 e. The summed E-state index contributed by atoms with van der Waals surface area (Å²) in [5.74, 6) is -1.27. The van der Waals surface area contributed by atoms with Crippen LogP contribution < -0.4 is 5.32 Å². The Morgan fingerprint density at radius 1 is 1.39 bits per heavy atom. The highest BCUT2D eigenvalue weighted by Crippen LogP contribution is 2.21. The lowest BCUT2D eigenvalue weighted by Gasteiger charge is -2.05. The van der Waals surface area contributed by atoms with Crippen molar-refractivity contribution in [2.24, 2.45) is 0 Å². The predicted octanol–water partition coefficient (Wildman–Crippen LogP) is 3.96. The summed E-state index contributed by atoms with van der Waals surface area (Å²) in [6, 6.07) is 8.06. The maximum atomic E-state index is 13.3. The first-order chi connectivity index (χ1) is 8.56. The normalized spacial score (nSPS) is 10.3. The van der Waals surface area contributed by atoms with Crippen LogP contribution in [0, 0.1) is 5.82 Å². The number of hydrogen-bond donors (Lipinski definition) is 2.